The number of nitrogens with zero attached hydrogens (tertiary/aromatic N) is 2. The molecule has 0 aliphatic carbocycles. The smallest absolute Gasteiger partial charge is 0.375 e. The van der Waals surface area contributed by atoms with Crippen LogP contribution in [0.3, 0.4) is 0 Å². The molecule has 0 bridgehead atoms. The maximum Gasteiger partial charge on any atom is 0.416 e. The van der Waals surface area contributed by atoms with E-state index in [1.165, 1.54) is 23.5 Å². The first kappa shape index (κ1) is 17.7. The van der Waals surface area contributed by atoms with E-state index in [-0.39, 0.29) is 12.4 Å². The van der Waals surface area contributed by atoms with Crippen molar-refractivity contribution in [2.75, 3.05) is 12.8 Å². The van der Waals surface area contributed by atoms with Crippen molar-refractivity contribution in [1.29, 1.82) is 0 Å². The SMILES string of the molecule is CN(Cc1cccc(C(F)(F)F)c1)Cc1cnc(N)s1.Cl. The van der Waals surface area contributed by atoms with Gasteiger partial charge >= 0.3 is 6.18 Å². The zero-order chi connectivity index (χ0) is 14.8. The van der Waals surface area contributed by atoms with Gasteiger partial charge in [-0.25, -0.2) is 4.98 Å². The molecule has 2 N–H and O–H groups in total. The Hall–Kier alpha value is -1.31. The predicted molar refractivity (Wildman–Crippen MR) is 80.4 cm³/mol. The van der Waals surface area contributed by atoms with Crippen molar-refractivity contribution < 1.29 is 13.2 Å². The fourth-order valence-corrected chi connectivity index (χ4v) is 2.64. The van der Waals surface area contributed by atoms with E-state index in [2.05, 4.69) is 4.98 Å². The van der Waals surface area contributed by atoms with Crippen LogP contribution >= 0.6 is 23.7 Å². The van der Waals surface area contributed by atoms with Crippen molar-refractivity contribution in [3.05, 3.63) is 46.5 Å². The monoisotopic (exact) mass is 337 g/mol. The summed E-state index contributed by atoms with van der Waals surface area (Å²) in [7, 11) is 1.84. The molecule has 1 aromatic heterocycles. The van der Waals surface area contributed by atoms with E-state index in [1.54, 1.807) is 12.3 Å². The molecule has 0 aliphatic heterocycles. The summed E-state index contributed by atoms with van der Waals surface area (Å²) < 4.78 is 37.9. The Labute approximate surface area is 131 Å². The van der Waals surface area contributed by atoms with E-state index >= 15 is 0 Å². The second-order valence-corrected chi connectivity index (χ2v) is 5.68. The second-order valence-electron chi connectivity index (χ2n) is 4.54. The Bertz CT molecular complexity index is 586. The summed E-state index contributed by atoms with van der Waals surface area (Å²) in [4.78, 5) is 6.85. The third-order valence-electron chi connectivity index (χ3n) is 2.70. The molecule has 0 atom stereocenters. The maximum absolute atomic E-state index is 12.6. The zero-order valence-corrected chi connectivity index (χ0v) is 12.9. The molecule has 0 radical (unpaired) electrons. The van der Waals surface area contributed by atoms with Crippen LogP contribution in [-0.4, -0.2) is 16.9 Å². The molecule has 0 saturated heterocycles. The first-order chi connectivity index (χ1) is 9.34. The summed E-state index contributed by atoms with van der Waals surface area (Å²) in [5.41, 5.74) is 5.54. The molecule has 0 aliphatic rings. The van der Waals surface area contributed by atoms with Crippen LogP contribution in [0, 0.1) is 0 Å². The molecule has 116 valence electrons. The number of rotatable bonds is 4. The van der Waals surface area contributed by atoms with Crippen LogP contribution in [0.25, 0.3) is 0 Å². The van der Waals surface area contributed by atoms with Crippen molar-refractivity contribution in [3.63, 3.8) is 0 Å². The normalized spacial score (nSPS) is 11.5. The van der Waals surface area contributed by atoms with Crippen LogP contribution in [0.1, 0.15) is 16.0 Å². The highest BCUT2D eigenvalue weighted by atomic mass is 35.5. The zero-order valence-electron chi connectivity index (χ0n) is 11.2. The van der Waals surface area contributed by atoms with E-state index in [1.807, 2.05) is 11.9 Å². The molecule has 2 aromatic rings. The molecule has 2 rings (SSSR count). The van der Waals surface area contributed by atoms with Crippen LogP contribution in [0.5, 0.6) is 0 Å². The molecule has 3 nitrogen and oxygen atoms in total. The fourth-order valence-electron chi connectivity index (χ4n) is 1.88. The van der Waals surface area contributed by atoms with Gasteiger partial charge in [0.25, 0.3) is 0 Å². The third-order valence-corrected chi connectivity index (χ3v) is 3.52. The van der Waals surface area contributed by atoms with Gasteiger partial charge in [-0.3, -0.25) is 4.90 Å². The lowest BCUT2D eigenvalue weighted by Gasteiger charge is -2.16. The number of aromatic nitrogens is 1. The van der Waals surface area contributed by atoms with Crippen molar-refractivity contribution in [2.24, 2.45) is 0 Å². The van der Waals surface area contributed by atoms with Crippen molar-refractivity contribution in [3.8, 4) is 0 Å². The number of alkyl halides is 3. The number of hydrogen-bond acceptors (Lipinski definition) is 4. The first-order valence-corrected chi connectivity index (χ1v) is 6.71. The van der Waals surface area contributed by atoms with Gasteiger partial charge in [0, 0.05) is 24.2 Å². The van der Waals surface area contributed by atoms with Crippen LogP contribution in [0.15, 0.2) is 30.5 Å². The number of anilines is 1. The van der Waals surface area contributed by atoms with Crippen molar-refractivity contribution in [1.82, 2.24) is 9.88 Å². The van der Waals surface area contributed by atoms with E-state index in [0.29, 0.717) is 23.8 Å². The number of nitrogen functional groups attached to an aromatic ring is 1. The van der Waals surface area contributed by atoms with Crippen LogP contribution < -0.4 is 5.73 Å². The lowest BCUT2D eigenvalue weighted by Crippen LogP contribution is -2.17. The molecule has 8 heteroatoms. The number of nitrogens with two attached hydrogens (primary N) is 1. The molecule has 1 aromatic carbocycles. The molecule has 0 fully saturated rings. The molecular weight excluding hydrogens is 323 g/mol. The van der Waals surface area contributed by atoms with Crippen LogP contribution in [0.4, 0.5) is 18.3 Å². The minimum absolute atomic E-state index is 0. The highest BCUT2D eigenvalue weighted by Gasteiger charge is 2.30. The van der Waals surface area contributed by atoms with Crippen molar-refractivity contribution >= 4 is 28.9 Å². The average molecular weight is 338 g/mol. The highest BCUT2D eigenvalue weighted by molar-refractivity contribution is 7.15. The highest BCUT2D eigenvalue weighted by Crippen LogP contribution is 2.29. The van der Waals surface area contributed by atoms with Gasteiger partial charge in [-0.1, -0.05) is 18.2 Å². The standard InChI is InChI=1S/C13H14F3N3S.ClH/c1-19(8-11-6-18-12(17)20-11)7-9-3-2-4-10(5-9)13(14,15)16;/h2-6H,7-8H2,1H3,(H2,17,18);1H. The molecule has 0 amide bonds. The second kappa shape index (κ2) is 7.11. The van der Waals surface area contributed by atoms with Crippen LogP contribution in [-0.2, 0) is 19.3 Å². The number of hydrogen-bond donors (Lipinski definition) is 1. The van der Waals surface area contributed by atoms with E-state index in [9.17, 15) is 13.2 Å². The molecule has 0 spiro atoms. The Kier molecular flexibility index (Phi) is 6.00. The largest absolute Gasteiger partial charge is 0.416 e. The van der Waals surface area contributed by atoms with Gasteiger partial charge in [-0.05, 0) is 18.7 Å². The van der Waals surface area contributed by atoms with Gasteiger partial charge in [0.1, 0.15) is 0 Å². The summed E-state index contributed by atoms with van der Waals surface area (Å²) in [6.45, 7) is 1.03. The Morgan fingerprint density at radius 3 is 2.57 bits per heavy atom. The first-order valence-electron chi connectivity index (χ1n) is 5.89. The van der Waals surface area contributed by atoms with Crippen LogP contribution in [0.2, 0.25) is 0 Å². The number of thiazole rings is 1. The average Bonchev–Trinajstić information content (AvgIpc) is 2.73. The Morgan fingerprint density at radius 1 is 1.29 bits per heavy atom. The molecular formula is C13H15ClF3N3S. The van der Waals surface area contributed by atoms with Crippen molar-refractivity contribution in [2.45, 2.75) is 19.3 Å². The van der Waals surface area contributed by atoms with E-state index < -0.39 is 11.7 Å². The minimum Gasteiger partial charge on any atom is -0.375 e. The summed E-state index contributed by atoms with van der Waals surface area (Å²) in [5, 5.41) is 0.493. The van der Waals surface area contributed by atoms with Gasteiger partial charge < -0.3 is 5.73 Å². The molecule has 0 saturated carbocycles. The fraction of sp³-hybridized carbons (Fsp3) is 0.308. The quantitative estimate of drug-likeness (QED) is 0.922. The van der Waals surface area contributed by atoms with E-state index in [0.717, 1.165) is 10.9 Å². The lowest BCUT2D eigenvalue weighted by atomic mass is 10.1. The van der Waals surface area contributed by atoms with E-state index in [4.69, 9.17) is 5.73 Å². The van der Waals surface area contributed by atoms with Gasteiger partial charge in [0.05, 0.1) is 5.56 Å². The Morgan fingerprint density at radius 2 is 2.00 bits per heavy atom. The van der Waals surface area contributed by atoms with Gasteiger partial charge in [-0.15, -0.1) is 23.7 Å². The van der Waals surface area contributed by atoms with Gasteiger partial charge in [0.15, 0.2) is 5.13 Å². The number of benzene rings is 1. The topological polar surface area (TPSA) is 42.2 Å². The summed E-state index contributed by atoms with van der Waals surface area (Å²) in [6, 6.07) is 5.37. The summed E-state index contributed by atoms with van der Waals surface area (Å²) >= 11 is 1.38. The van der Waals surface area contributed by atoms with Gasteiger partial charge in [0.2, 0.25) is 0 Å². The predicted octanol–water partition coefficient (Wildman–Crippen LogP) is 3.80. The Balaban J connectivity index is 0.00000220. The lowest BCUT2D eigenvalue weighted by molar-refractivity contribution is -0.137. The molecule has 21 heavy (non-hydrogen) atoms. The minimum atomic E-state index is -4.30. The maximum atomic E-state index is 12.6. The van der Waals surface area contributed by atoms with Gasteiger partial charge in [-0.2, -0.15) is 13.2 Å². The third kappa shape index (κ3) is 5.18. The molecule has 1 heterocycles. The summed E-state index contributed by atoms with van der Waals surface area (Å²) in [5.74, 6) is 0. The summed E-state index contributed by atoms with van der Waals surface area (Å²) in [6.07, 6.45) is -2.62. The number of halogens is 4. The molecule has 0 unspecified atom stereocenters.